The Labute approximate surface area is 181 Å². The van der Waals surface area contributed by atoms with Gasteiger partial charge in [-0.25, -0.2) is 23.2 Å². The minimum Gasteiger partial charge on any atom is -0.474 e. The molecular formula is C21H26N4O5S. The van der Waals surface area contributed by atoms with Crippen LogP contribution in [-0.2, 0) is 16.3 Å². The maximum absolute atomic E-state index is 12.5. The normalized spacial score (nSPS) is 17.1. The molecular weight excluding hydrogens is 420 g/mol. The predicted octanol–water partition coefficient (Wildman–Crippen LogP) is 2.87. The van der Waals surface area contributed by atoms with E-state index in [1.165, 1.54) is 11.2 Å². The second-order valence-corrected chi connectivity index (χ2v) is 10.6. The van der Waals surface area contributed by atoms with E-state index in [4.69, 9.17) is 9.84 Å². The van der Waals surface area contributed by atoms with Crippen LogP contribution in [0.5, 0.6) is 5.88 Å². The molecule has 0 aliphatic carbocycles. The van der Waals surface area contributed by atoms with Crippen LogP contribution in [0.3, 0.4) is 0 Å². The lowest BCUT2D eigenvalue weighted by atomic mass is 10.1. The first-order valence-electron chi connectivity index (χ1n) is 10.4. The largest absolute Gasteiger partial charge is 0.474 e. The van der Waals surface area contributed by atoms with Gasteiger partial charge >= 0.3 is 6.09 Å². The number of sulfone groups is 1. The first-order chi connectivity index (χ1) is 14.8. The van der Waals surface area contributed by atoms with Gasteiger partial charge in [-0.2, -0.15) is 0 Å². The third-order valence-corrected chi connectivity index (χ3v) is 7.95. The fraction of sp³-hybridized carbons (Fsp3) is 0.476. The summed E-state index contributed by atoms with van der Waals surface area (Å²) >= 11 is 0. The second-order valence-electron chi connectivity index (χ2n) is 8.09. The zero-order valence-electron chi connectivity index (χ0n) is 17.6. The van der Waals surface area contributed by atoms with E-state index >= 15 is 0 Å². The monoisotopic (exact) mass is 446 g/mol. The average molecular weight is 447 g/mol. The lowest BCUT2D eigenvalue weighted by Gasteiger charge is -2.30. The van der Waals surface area contributed by atoms with Crippen molar-refractivity contribution in [2.24, 2.45) is 0 Å². The molecule has 10 heteroatoms. The van der Waals surface area contributed by atoms with Crippen molar-refractivity contribution in [2.75, 3.05) is 24.5 Å². The standard InChI is InChI=1S/C21H26N4O5S/c1-14(2)31(28,29)17-3-4-18-15(11-17)5-10-25(18)19-12-20(23-13-22-19)30-16-6-8-24(9-7-16)21(26)27/h3-4,11-14,16H,5-10H2,1-2H3,(H,26,27). The van der Waals surface area contributed by atoms with E-state index in [9.17, 15) is 13.2 Å². The molecule has 2 aliphatic heterocycles. The molecule has 0 bridgehead atoms. The van der Waals surface area contributed by atoms with Crippen LogP contribution in [0.25, 0.3) is 0 Å². The summed E-state index contributed by atoms with van der Waals surface area (Å²) in [6.45, 7) is 4.94. The number of anilines is 2. The quantitative estimate of drug-likeness (QED) is 0.746. The molecule has 0 radical (unpaired) electrons. The lowest BCUT2D eigenvalue weighted by Crippen LogP contribution is -2.41. The van der Waals surface area contributed by atoms with Gasteiger partial charge in [-0.1, -0.05) is 0 Å². The number of likely N-dealkylation sites (tertiary alicyclic amines) is 1. The molecule has 166 valence electrons. The number of hydrogen-bond donors (Lipinski definition) is 1. The van der Waals surface area contributed by atoms with Crippen molar-refractivity contribution in [2.45, 2.75) is 49.4 Å². The number of hydrogen-bond acceptors (Lipinski definition) is 7. The Morgan fingerprint density at radius 1 is 1.16 bits per heavy atom. The van der Waals surface area contributed by atoms with E-state index in [1.807, 2.05) is 11.0 Å². The van der Waals surface area contributed by atoms with Crippen LogP contribution in [0, 0.1) is 0 Å². The molecule has 4 rings (SSSR count). The highest BCUT2D eigenvalue weighted by molar-refractivity contribution is 7.92. The molecule has 3 heterocycles. The molecule has 1 aromatic heterocycles. The Morgan fingerprint density at radius 3 is 2.58 bits per heavy atom. The topological polar surface area (TPSA) is 113 Å². The van der Waals surface area contributed by atoms with Gasteiger partial charge in [-0.15, -0.1) is 0 Å². The average Bonchev–Trinajstić information content (AvgIpc) is 3.17. The summed E-state index contributed by atoms with van der Waals surface area (Å²) in [4.78, 5) is 23.4. The highest BCUT2D eigenvalue weighted by atomic mass is 32.2. The molecule has 1 aromatic carbocycles. The van der Waals surface area contributed by atoms with E-state index in [2.05, 4.69) is 9.97 Å². The van der Waals surface area contributed by atoms with Gasteiger partial charge in [0.1, 0.15) is 18.2 Å². The fourth-order valence-corrected chi connectivity index (χ4v) is 5.05. The van der Waals surface area contributed by atoms with Gasteiger partial charge in [0.05, 0.1) is 10.1 Å². The van der Waals surface area contributed by atoms with Gasteiger partial charge in [0, 0.05) is 44.2 Å². The summed E-state index contributed by atoms with van der Waals surface area (Å²) in [6.07, 6.45) is 2.42. The van der Waals surface area contributed by atoms with Crippen LogP contribution in [0.2, 0.25) is 0 Å². The lowest BCUT2D eigenvalue weighted by molar-refractivity contribution is 0.0870. The Bertz CT molecular complexity index is 1080. The summed E-state index contributed by atoms with van der Waals surface area (Å²) < 4.78 is 31.0. The van der Waals surface area contributed by atoms with E-state index in [-0.39, 0.29) is 6.10 Å². The van der Waals surface area contributed by atoms with Crippen LogP contribution >= 0.6 is 0 Å². The van der Waals surface area contributed by atoms with Gasteiger partial charge in [0.15, 0.2) is 9.84 Å². The van der Waals surface area contributed by atoms with Crippen molar-refractivity contribution in [3.63, 3.8) is 0 Å². The Kier molecular flexibility index (Phi) is 5.74. The van der Waals surface area contributed by atoms with Gasteiger partial charge in [-0.3, -0.25) is 0 Å². The van der Waals surface area contributed by atoms with E-state index < -0.39 is 21.2 Å². The summed E-state index contributed by atoms with van der Waals surface area (Å²) in [7, 11) is -3.32. The van der Waals surface area contributed by atoms with Crippen LogP contribution in [-0.4, -0.2) is 65.5 Å². The van der Waals surface area contributed by atoms with Gasteiger partial charge in [-0.05, 0) is 44.0 Å². The maximum atomic E-state index is 12.5. The number of benzene rings is 1. The number of aromatic nitrogens is 2. The van der Waals surface area contributed by atoms with Crippen molar-refractivity contribution in [3.8, 4) is 5.88 Å². The molecule has 1 N–H and O–H groups in total. The third kappa shape index (κ3) is 4.30. The molecule has 2 aromatic rings. The van der Waals surface area contributed by atoms with E-state index in [0.29, 0.717) is 49.1 Å². The number of ether oxygens (including phenoxy) is 1. The number of fused-ring (bicyclic) bond motifs is 1. The number of carbonyl (C=O) groups is 1. The minimum atomic E-state index is -3.32. The minimum absolute atomic E-state index is 0.0898. The molecule has 9 nitrogen and oxygen atoms in total. The molecule has 1 amide bonds. The van der Waals surface area contributed by atoms with E-state index in [1.54, 1.807) is 32.0 Å². The zero-order valence-corrected chi connectivity index (χ0v) is 18.4. The highest BCUT2D eigenvalue weighted by Crippen LogP contribution is 2.36. The Morgan fingerprint density at radius 2 is 1.90 bits per heavy atom. The van der Waals surface area contributed by atoms with Crippen LogP contribution in [0.4, 0.5) is 16.3 Å². The zero-order chi connectivity index (χ0) is 22.2. The number of piperidine rings is 1. The molecule has 0 saturated carbocycles. The molecule has 0 spiro atoms. The predicted molar refractivity (Wildman–Crippen MR) is 115 cm³/mol. The number of amides is 1. The van der Waals surface area contributed by atoms with Crippen molar-refractivity contribution < 1.29 is 23.1 Å². The molecule has 1 fully saturated rings. The Balaban J connectivity index is 1.49. The third-order valence-electron chi connectivity index (χ3n) is 5.80. The van der Waals surface area contributed by atoms with Crippen LogP contribution < -0.4 is 9.64 Å². The smallest absolute Gasteiger partial charge is 0.407 e. The molecule has 0 unspecified atom stereocenters. The van der Waals surface area contributed by atoms with Crippen molar-refractivity contribution in [1.82, 2.24) is 14.9 Å². The van der Waals surface area contributed by atoms with Crippen molar-refractivity contribution in [1.29, 1.82) is 0 Å². The molecule has 2 aliphatic rings. The maximum Gasteiger partial charge on any atom is 0.407 e. The van der Waals surface area contributed by atoms with Gasteiger partial charge in [0.2, 0.25) is 5.88 Å². The summed E-state index contributed by atoms with van der Waals surface area (Å²) in [6, 6.07) is 7.03. The first kappa shape index (κ1) is 21.4. The van der Waals surface area contributed by atoms with Crippen LogP contribution in [0.15, 0.2) is 35.5 Å². The van der Waals surface area contributed by atoms with Gasteiger partial charge < -0.3 is 19.6 Å². The summed E-state index contributed by atoms with van der Waals surface area (Å²) in [5.41, 5.74) is 1.91. The molecule has 31 heavy (non-hydrogen) atoms. The molecule has 1 saturated heterocycles. The summed E-state index contributed by atoms with van der Waals surface area (Å²) in [5, 5.41) is 8.60. The van der Waals surface area contributed by atoms with Crippen molar-refractivity contribution >= 4 is 27.4 Å². The number of nitrogens with zero attached hydrogens (tertiary/aromatic N) is 4. The number of carboxylic acid groups (broad SMARTS) is 1. The summed E-state index contributed by atoms with van der Waals surface area (Å²) in [5.74, 6) is 1.14. The first-order valence-corrected chi connectivity index (χ1v) is 11.9. The van der Waals surface area contributed by atoms with E-state index in [0.717, 1.165) is 17.7 Å². The van der Waals surface area contributed by atoms with Crippen molar-refractivity contribution in [3.05, 3.63) is 36.2 Å². The highest BCUT2D eigenvalue weighted by Gasteiger charge is 2.27. The number of rotatable bonds is 5. The second kappa shape index (κ2) is 8.33. The Hall–Kier alpha value is -2.88. The molecule has 0 atom stereocenters. The van der Waals surface area contributed by atoms with Gasteiger partial charge in [0.25, 0.3) is 0 Å². The fourth-order valence-electron chi connectivity index (χ4n) is 3.94. The SMILES string of the molecule is CC(C)S(=O)(=O)c1ccc2c(c1)CCN2c1cc(OC2CCN(C(=O)O)CC2)ncn1. The van der Waals surface area contributed by atoms with Crippen LogP contribution in [0.1, 0.15) is 32.3 Å².